The van der Waals surface area contributed by atoms with Crippen molar-refractivity contribution < 1.29 is 4.39 Å². The van der Waals surface area contributed by atoms with Crippen molar-refractivity contribution in [1.29, 1.82) is 0 Å². The predicted octanol–water partition coefficient (Wildman–Crippen LogP) is 0.385. The second kappa shape index (κ2) is 1.89. The van der Waals surface area contributed by atoms with Crippen LogP contribution in [-0.4, -0.2) is 4.98 Å². The lowest BCUT2D eigenvalue weighted by molar-refractivity contribution is 0.627. The highest BCUT2D eigenvalue weighted by molar-refractivity contribution is 5.46. The maximum absolute atomic E-state index is 12.3. The Hall–Kier alpha value is -1.32. The van der Waals surface area contributed by atoms with Gasteiger partial charge >= 0.3 is 0 Å². The Morgan fingerprint density at radius 3 is 2.56 bits per heavy atom. The van der Waals surface area contributed by atoms with Crippen LogP contribution in [-0.2, 0) is 0 Å². The van der Waals surface area contributed by atoms with E-state index in [0.29, 0.717) is 0 Å². The van der Waals surface area contributed by atoms with Crippen molar-refractivity contribution in [3.63, 3.8) is 0 Å². The first kappa shape index (κ1) is 5.81. The van der Waals surface area contributed by atoms with E-state index in [-0.39, 0.29) is 11.5 Å². The van der Waals surface area contributed by atoms with E-state index in [4.69, 9.17) is 11.5 Å². The second-order valence-corrected chi connectivity index (χ2v) is 1.63. The van der Waals surface area contributed by atoms with Gasteiger partial charge < -0.3 is 11.5 Å². The number of pyridine rings is 1. The lowest BCUT2D eigenvalue weighted by Crippen LogP contribution is -1.95. The van der Waals surface area contributed by atoms with E-state index < -0.39 is 5.82 Å². The van der Waals surface area contributed by atoms with Gasteiger partial charge in [0.05, 0.1) is 11.9 Å². The number of nitrogens with two attached hydrogens (primary N) is 2. The van der Waals surface area contributed by atoms with Gasteiger partial charge in [-0.25, -0.2) is 9.37 Å². The number of hydrogen-bond acceptors (Lipinski definition) is 3. The Bertz CT molecular complexity index is 223. The minimum absolute atomic E-state index is 0.0301. The molecule has 0 aliphatic rings. The monoisotopic (exact) mass is 127 g/mol. The van der Waals surface area contributed by atoms with Gasteiger partial charge in [-0.2, -0.15) is 0 Å². The third kappa shape index (κ3) is 1.07. The van der Waals surface area contributed by atoms with Gasteiger partial charge in [-0.1, -0.05) is 0 Å². The summed E-state index contributed by atoms with van der Waals surface area (Å²) in [4.78, 5) is 3.46. The standard InChI is InChI=1S/C5H6FN3/c6-3-2-9-5(8)1-4(3)7/h1-2H,(H4,7,8,9). The molecule has 48 valence electrons. The van der Waals surface area contributed by atoms with Crippen molar-refractivity contribution in [2.75, 3.05) is 11.5 Å². The summed E-state index contributed by atoms with van der Waals surface area (Å²) in [7, 11) is 0. The molecular weight excluding hydrogens is 121 g/mol. The highest BCUT2D eigenvalue weighted by Crippen LogP contribution is 2.09. The van der Waals surface area contributed by atoms with Gasteiger partial charge in [-0.15, -0.1) is 0 Å². The predicted molar refractivity (Wildman–Crippen MR) is 33.0 cm³/mol. The molecule has 1 aromatic rings. The van der Waals surface area contributed by atoms with Gasteiger partial charge in [0.15, 0.2) is 5.82 Å². The third-order valence-corrected chi connectivity index (χ3v) is 0.906. The quantitative estimate of drug-likeness (QED) is 0.529. The van der Waals surface area contributed by atoms with Crippen molar-refractivity contribution in [2.24, 2.45) is 0 Å². The van der Waals surface area contributed by atoms with Gasteiger partial charge in [0.25, 0.3) is 0 Å². The third-order valence-electron chi connectivity index (χ3n) is 0.906. The zero-order valence-electron chi connectivity index (χ0n) is 4.63. The lowest BCUT2D eigenvalue weighted by atomic mass is 10.4. The molecule has 0 bridgehead atoms. The molecule has 0 aliphatic heterocycles. The number of anilines is 2. The zero-order chi connectivity index (χ0) is 6.85. The van der Waals surface area contributed by atoms with Crippen LogP contribution < -0.4 is 11.5 Å². The normalized spacial score (nSPS) is 9.44. The molecule has 0 atom stereocenters. The Kier molecular flexibility index (Phi) is 1.22. The van der Waals surface area contributed by atoms with Crippen LogP contribution in [0.25, 0.3) is 0 Å². The Morgan fingerprint density at radius 1 is 1.44 bits per heavy atom. The Labute approximate surface area is 51.5 Å². The van der Waals surface area contributed by atoms with E-state index in [9.17, 15) is 4.39 Å². The summed E-state index contributed by atoms with van der Waals surface area (Å²) in [6, 6.07) is 1.27. The summed E-state index contributed by atoms with van der Waals surface area (Å²) in [5.41, 5.74) is 10.3. The van der Waals surface area contributed by atoms with Crippen LogP contribution in [0.4, 0.5) is 15.9 Å². The summed E-state index contributed by atoms with van der Waals surface area (Å²) in [6.07, 6.45) is 0.991. The molecule has 1 heterocycles. The molecule has 0 spiro atoms. The number of rotatable bonds is 0. The molecule has 0 aliphatic carbocycles. The van der Waals surface area contributed by atoms with E-state index in [2.05, 4.69) is 4.98 Å². The van der Waals surface area contributed by atoms with Crippen molar-refractivity contribution in [1.82, 2.24) is 4.98 Å². The molecule has 1 aromatic heterocycles. The van der Waals surface area contributed by atoms with E-state index in [1.165, 1.54) is 6.07 Å². The molecule has 4 heteroatoms. The number of halogens is 1. The van der Waals surface area contributed by atoms with E-state index in [1.54, 1.807) is 0 Å². The van der Waals surface area contributed by atoms with E-state index >= 15 is 0 Å². The number of hydrogen-bond donors (Lipinski definition) is 2. The van der Waals surface area contributed by atoms with Crippen LogP contribution in [0.2, 0.25) is 0 Å². The highest BCUT2D eigenvalue weighted by atomic mass is 19.1. The molecule has 0 fully saturated rings. The molecule has 3 nitrogen and oxygen atoms in total. The topological polar surface area (TPSA) is 64.9 Å². The van der Waals surface area contributed by atoms with Crippen molar-refractivity contribution >= 4 is 11.5 Å². The SMILES string of the molecule is Nc1cc(N)c(F)cn1. The number of aromatic nitrogens is 1. The fraction of sp³-hybridized carbons (Fsp3) is 0. The molecule has 0 unspecified atom stereocenters. The minimum atomic E-state index is -0.538. The fourth-order valence-electron chi connectivity index (χ4n) is 0.471. The van der Waals surface area contributed by atoms with Crippen LogP contribution >= 0.6 is 0 Å². The van der Waals surface area contributed by atoms with Crippen molar-refractivity contribution in [3.8, 4) is 0 Å². The van der Waals surface area contributed by atoms with Gasteiger partial charge in [0, 0.05) is 6.07 Å². The average Bonchev–Trinajstić information content (AvgIpc) is 1.80. The molecule has 9 heavy (non-hydrogen) atoms. The molecule has 0 saturated heterocycles. The summed E-state index contributed by atoms with van der Waals surface area (Å²) in [6.45, 7) is 0. The maximum Gasteiger partial charge on any atom is 0.164 e. The summed E-state index contributed by atoms with van der Waals surface area (Å²) in [5.74, 6) is -0.307. The summed E-state index contributed by atoms with van der Waals surface area (Å²) >= 11 is 0. The number of nitrogen functional groups attached to an aromatic ring is 2. The van der Waals surface area contributed by atoms with Gasteiger partial charge in [-0.3, -0.25) is 0 Å². The molecule has 0 amide bonds. The maximum atomic E-state index is 12.3. The van der Waals surface area contributed by atoms with Crippen LogP contribution in [0.3, 0.4) is 0 Å². The summed E-state index contributed by atoms with van der Waals surface area (Å²) in [5, 5.41) is 0. The fourth-order valence-corrected chi connectivity index (χ4v) is 0.471. The Morgan fingerprint density at radius 2 is 2.11 bits per heavy atom. The lowest BCUT2D eigenvalue weighted by Gasteiger charge is -1.94. The van der Waals surface area contributed by atoms with Gasteiger partial charge in [0.1, 0.15) is 5.82 Å². The molecule has 4 N–H and O–H groups in total. The molecule has 0 aromatic carbocycles. The first-order chi connectivity index (χ1) is 4.20. The second-order valence-electron chi connectivity index (χ2n) is 1.63. The van der Waals surface area contributed by atoms with Crippen LogP contribution in [0.1, 0.15) is 0 Å². The summed E-state index contributed by atoms with van der Waals surface area (Å²) < 4.78 is 12.3. The first-order valence-electron chi connectivity index (χ1n) is 2.36. The Balaban J connectivity index is 3.17. The van der Waals surface area contributed by atoms with E-state index in [0.717, 1.165) is 6.20 Å². The molecule has 0 radical (unpaired) electrons. The van der Waals surface area contributed by atoms with Crippen molar-refractivity contribution in [3.05, 3.63) is 18.1 Å². The van der Waals surface area contributed by atoms with Crippen LogP contribution in [0.15, 0.2) is 12.3 Å². The first-order valence-corrected chi connectivity index (χ1v) is 2.36. The average molecular weight is 127 g/mol. The molecule has 1 rings (SSSR count). The largest absolute Gasteiger partial charge is 0.396 e. The van der Waals surface area contributed by atoms with E-state index in [1.807, 2.05) is 0 Å². The minimum Gasteiger partial charge on any atom is -0.396 e. The number of nitrogens with zero attached hydrogens (tertiary/aromatic N) is 1. The highest BCUT2D eigenvalue weighted by Gasteiger charge is 1.95. The zero-order valence-corrected chi connectivity index (χ0v) is 4.63. The van der Waals surface area contributed by atoms with Crippen LogP contribution in [0.5, 0.6) is 0 Å². The van der Waals surface area contributed by atoms with Gasteiger partial charge in [0.2, 0.25) is 0 Å². The molecule has 0 saturated carbocycles. The van der Waals surface area contributed by atoms with Crippen molar-refractivity contribution in [2.45, 2.75) is 0 Å². The van der Waals surface area contributed by atoms with Gasteiger partial charge in [-0.05, 0) is 0 Å². The molecular formula is C5H6FN3. The smallest absolute Gasteiger partial charge is 0.164 e. The van der Waals surface area contributed by atoms with Crippen LogP contribution in [0, 0.1) is 5.82 Å².